The quantitative estimate of drug-likeness (QED) is 0.920. The molecule has 0 radical (unpaired) electrons. The van der Waals surface area contributed by atoms with Gasteiger partial charge in [-0.05, 0) is 35.4 Å². The van der Waals surface area contributed by atoms with Crippen LogP contribution in [-0.4, -0.2) is 34.5 Å². The summed E-state index contributed by atoms with van der Waals surface area (Å²) >= 11 is 1.71. The van der Waals surface area contributed by atoms with E-state index in [0.717, 1.165) is 16.9 Å². The van der Waals surface area contributed by atoms with Crippen molar-refractivity contribution < 1.29 is 18.6 Å². The highest BCUT2D eigenvalue weighted by Gasteiger charge is 2.55. The van der Waals surface area contributed by atoms with Crippen molar-refractivity contribution in [3.8, 4) is 0 Å². The Hall–Kier alpha value is -1.47. The zero-order valence-corrected chi connectivity index (χ0v) is 13.7. The standard InChI is InChI=1S/C18H17F2NO2S/c19-14-5-1-12(2-6-14)16-21-17(13-3-7-15(20)8-4-13)24-11-18(21,9-22)10-23-16/h1-8,16-17,22H,9-11H2/t16-,17-,18+/m1/s1. The van der Waals surface area contributed by atoms with Crippen LogP contribution in [0.2, 0.25) is 0 Å². The number of hydrogen-bond acceptors (Lipinski definition) is 4. The van der Waals surface area contributed by atoms with Crippen molar-refractivity contribution in [1.29, 1.82) is 0 Å². The van der Waals surface area contributed by atoms with Crippen LogP contribution in [0.15, 0.2) is 48.5 Å². The first-order valence-corrected chi connectivity index (χ1v) is 8.81. The molecule has 2 aromatic carbocycles. The minimum atomic E-state index is -0.469. The van der Waals surface area contributed by atoms with E-state index in [0.29, 0.717) is 6.61 Å². The highest BCUT2D eigenvalue weighted by molar-refractivity contribution is 7.99. The second-order valence-corrected chi connectivity index (χ2v) is 7.29. The number of rotatable bonds is 3. The Bertz CT molecular complexity index is 665. The third-order valence-electron chi connectivity index (χ3n) is 4.68. The van der Waals surface area contributed by atoms with Gasteiger partial charge in [-0.3, -0.25) is 0 Å². The van der Waals surface area contributed by atoms with Gasteiger partial charge in [-0.2, -0.15) is 0 Å². The van der Waals surface area contributed by atoms with Gasteiger partial charge in [-0.15, -0.1) is 11.8 Å². The number of aliphatic hydroxyl groups excluding tert-OH is 1. The van der Waals surface area contributed by atoms with Crippen molar-refractivity contribution in [3.05, 3.63) is 71.3 Å². The maximum atomic E-state index is 13.2. The first-order chi connectivity index (χ1) is 11.6. The number of thioether (sulfide) groups is 1. The molecule has 0 saturated carbocycles. The van der Waals surface area contributed by atoms with E-state index in [2.05, 4.69) is 4.90 Å². The Morgan fingerprint density at radius 3 is 2.21 bits per heavy atom. The lowest BCUT2D eigenvalue weighted by atomic mass is 10.0. The molecule has 2 aliphatic rings. The zero-order valence-electron chi connectivity index (χ0n) is 12.9. The van der Waals surface area contributed by atoms with Gasteiger partial charge < -0.3 is 9.84 Å². The van der Waals surface area contributed by atoms with Gasteiger partial charge in [0, 0.05) is 5.75 Å². The molecule has 4 rings (SSSR count). The monoisotopic (exact) mass is 349 g/mol. The lowest BCUT2D eigenvalue weighted by Gasteiger charge is -2.34. The number of halogens is 2. The lowest BCUT2D eigenvalue weighted by Crippen LogP contribution is -2.47. The van der Waals surface area contributed by atoms with Crippen LogP contribution in [0.5, 0.6) is 0 Å². The zero-order chi connectivity index (χ0) is 16.7. The predicted molar refractivity (Wildman–Crippen MR) is 88.3 cm³/mol. The molecule has 0 spiro atoms. The number of ether oxygens (including phenoxy) is 1. The number of hydrogen-bond donors (Lipinski definition) is 1. The Morgan fingerprint density at radius 2 is 1.62 bits per heavy atom. The summed E-state index contributed by atoms with van der Waals surface area (Å²) in [5, 5.41) is 9.94. The Balaban J connectivity index is 1.72. The van der Waals surface area contributed by atoms with E-state index < -0.39 is 5.54 Å². The molecule has 0 unspecified atom stereocenters. The molecular weight excluding hydrogens is 332 g/mol. The van der Waals surface area contributed by atoms with E-state index in [9.17, 15) is 13.9 Å². The fraction of sp³-hybridized carbons (Fsp3) is 0.333. The Kier molecular flexibility index (Phi) is 4.08. The summed E-state index contributed by atoms with van der Waals surface area (Å²) in [5.74, 6) is 0.155. The second kappa shape index (κ2) is 6.11. The highest BCUT2D eigenvalue weighted by Crippen LogP contribution is 2.54. The van der Waals surface area contributed by atoms with Crippen molar-refractivity contribution in [3.63, 3.8) is 0 Å². The Morgan fingerprint density at radius 1 is 1.04 bits per heavy atom. The number of fused-ring (bicyclic) bond motifs is 1. The summed E-state index contributed by atoms with van der Waals surface area (Å²) in [7, 11) is 0. The molecule has 2 aromatic rings. The van der Waals surface area contributed by atoms with Gasteiger partial charge in [0.25, 0.3) is 0 Å². The highest BCUT2D eigenvalue weighted by atomic mass is 32.2. The third kappa shape index (κ3) is 2.54. The van der Waals surface area contributed by atoms with Gasteiger partial charge in [-0.25, -0.2) is 13.7 Å². The molecule has 2 fully saturated rings. The molecule has 24 heavy (non-hydrogen) atoms. The predicted octanol–water partition coefficient (Wildman–Crippen LogP) is 3.47. The number of nitrogens with zero attached hydrogens (tertiary/aromatic N) is 1. The average Bonchev–Trinajstić information content (AvgIpc) is 3.14. The summed E-state index contributed by atoms with van der Waals surface area (Å²) in [6, 6.07) is 12.6. The van der Waals surface area contributed by atoms with Gasteiger partial charge in [0.15, 0.2) is 0 Å². The molecule has 6 heteroatoms. The summed E-state index contributed by atoms with van der Waals surface area (Å²) < 4.78 is 32.4. The van der Waals surface area contributed by atoms with Crippen molar-refractivity contribution in [1.82, 2.24) is 4.90 Å². The van der Waals surface area contributed by atoms with Gasteiger partial charge >= 0.3 is 0 Å². The van der Waals surface area contributed by atoms with Crippen LogP contribution in [-0.2, 0) is 4.74 Å². The SMILES string of the molecule is OC[C@@]12CO[C@H](c3ccc(F)cc3)N1[C@@H](c1ccc(F)cc1)SC2. The second-order valence-electron chi connectivity index (χ2n) is 6.22. The molecule has 2 heterocycles. The first-order valence-electron chi connectivity index (χ1n) is 7.76. The largest absolute Gasteiger partial charge is 0.394 e. The van der Waals surface area contributed by atoms with Gasteiger partial charge in [0.05, 0.1) is 24.1 Å². The molecule has 3 nitrogen and oxygen atoms in total. The molecule has 2 aliphatic heterocycles. The normalized spacial score (nSPS) is 29.8. The summed E-state index contributed by atoms with van der Waals surface area (Å²) in [6.45, 7) is 0.394. The summed E-state index contributed by atoms with van der Waals surface area (Å²) in [6.07, 6.45) is -0.359. The lowest BCUT2D eigenvalue weighted by molar-refractivity contribution is 0.0106. The van der Waals surface area contributed by atoms with E-state index in [1.54, 1.807) is 36.0 Å². The van der Waals surface area contributed by atoms with E-state index >= 15 is 0 Å². The summed E-state index contributed by atoms with van der Waals surface area (Å²) in [4.78, 5) is 2.14. The fourth-order valence-corrected chi connectivity index (χ4v) is 5.02. The molecule has 0 aliphatic carbocycles. The van der Waals surface area contributed by atoms with Crippen molar-refractivity contribution in [2.45, 2.75) is 17.1 Å². The summed E-state index contributed by atoms with van der Waals surface area (Å²) in [5.41, 5.74) is 1.35. The molecular formula is C18H17F2NO2S. The van der Waals surface area contributed by atoms with Crippen LogP contribution in [0.25, 0.3) is 0 Å². The van der Waals surface area contributed by atoms with Crippen molar-refractivity contribution in [2.24, 2.45) is 0 Å². The van der Waals surface area contributed by atoms with Gasteiger partial charge in [0.1, 0.15) is 17.9 Å². The average molecular weight is 349 g/mol. The van der Waals surface area contributed by atoms with Crippen LogP contribution in [0.4, 0.5) is 8.78 Å². The van der Waals surface area contributed by atoms with Crippen LogP contribution >= 0.6 is 11.8 Å². The molecule has 0 aromatic heterocycles. The minimum absolute atomic E-state index is 0.0185. The molecule has 3 atom stereocenters. The van der Waals surface area contributed by atoms with E-state index in [-0.39, 0.29) is 29.8 Å². The van der Waals surface area contributed by atoms with E-state index in [1.165, 1.54) is 24.3 Å². The van der Waals surface area contributed by atoms with Crippen molar-refractivity contribution >= 4 is 11.8 Å². The van der Waals surface area contributed by atoms with Crippen molar-refractivity contribution in [2.75, 3.05) is 19.0 Å². The maximum absolute atomic E-state index is 13.2. The van der Waals surface area contributed by atoms with E-state index in [1.807, 2.05) is 0 Å². The first kappa shape index (κ1) is 16.0. The maximum Gasteiger partial charge on any atom is 0.138 e. The van der Waals surface area contributed by atoms with Gasteiger partial charge in [0.2, 0.25) is 0 Å². The molecule has 2 saturated heterocycles. The minimum Gasteiger partial charge on any atom is -0.394 e. The molecule has 126 valence electrons. The molecule has 1 N–H and O–H groups in total. The number of benzene rings is 2. The van der Waals surface area contributed by atoms with Crippen LogP contribution in [0.1, 0.15) is 22.7 Å². The van der Waals surface area contributed by atoms with E-state index in [4.69, 9.17) is 4.74 Å². The van der Waals surface area contributed by atoms with Crippen LogP contribution in [0, 0.1) is 11.6 Å². The number of aliphatic hydroxyl groups is 1. The van der Waals surface area contributed by atoms with Crippen LogP contribution < -0.4 is 0 Å². The van der Waals surface area contributed by atoms with Crippen LogP contribution in [0.3, 0.4) is 0 Å². The molecule has 0 bridgehead atoms. The third-order valence-corrected chi connectivity index (χ3v) is 6.20. The topological polar surface area (TPSA) is 32.7 Å². The fourth-order valence-electron chi connectivity index (χ4n) is 3.38. The Labute approximate surface area is 143 Å². The molecule has 0 amide bonds. The van der Waals surface area contributed by atoms with Gasteiger partial charge in [-0.1, -0.05) is 24.3 Å². The smallest absolute Gasteiger partial charge is 0.138 e.